The number of para-hydroxylation sites is 1. The van der Waals surface area contributed by atoms with Crippen LogP contribution in [0.25, 0.3) is 0 Å². The van der Waals surface area contributed by atoms with Gasteiger partial charge >= 0.3 is 0 Å². The number of nitrogens with one attached hydrogen (secondary N) is 1. The Morgan fingerprint density at radius 1 is 1.08 bits per heavy atom. The molecule has 1 saturated heterocycles. The van der Waals surface area contributed by atoms with Gasteiger partial charge in [-0.05, 0) is 23.8 Å². The van der Waals surface area contributed by atoms with E-state index < -0.39 is 11.6 Å². The first-order valence-corrected chi connectivity index (χ1v) is 8.94. The molecule has 4 rings (SSSR count). The van der Waals surface area contributed by atoms with E-state index in [0.29, 0.717) is 12.2 Å². The summed E-state index contributed by atoms with van der Waals surface area (Å²) in [4.78, 5) is 2.40. The Morgan fingerprint density at radius 3 is 2.58 bits per heavy atom. The van der Waals surface area contributed by atoms with E-state index in [1.54, 1.807) is 0 Å². The molecule has 2 atom stereocenters. The fourth-order valence-corrected chi connectivity index (χ4v) is 3.75. The molecule has 0 saturated carbocycles. The van der Waals surface area contributed by atoms with Crippen LogP contribution >= 0.6 is 0 Å². The monoisotopic (exact) mass is 360 g/mol. The molecule has 1 fully saturated rings. The highest BCUT2D eigenvalue weighted by molar-refractivity contribution is 5.38. The van der Waals surface area contributed by atoms with E-state index in [-0.39, 0.29) is 18.8 Å². The number of hydrogen-bond donors (Lipinski definition) is 1. The third-order valence-corrected chi connectivity index (χ3v) is 4.92. The predicted octanol–water partition coefficient (Wildman–Crippen LogP) is 2.89. The average molecular weight is 360 g/mol. The van der Waals surface area contributed by atoms with Gasteiger partial charge in [0.25, 0.3) is 0 Å². The van der Waals surface area contributed by atoms with Crippen LogP contribution in [0, 0.1) is 11.6 Å². The fourth-order valence-electron chi connectivity index (χ4n) is 3.75. The van der Waals surface area contributed by atoms with Crippen molar-refractivity contribution in [2.75, 3.05) is 32.8 Å². The first-order valence-electron chi connectivity index (χ1n) is 8.94. The molecule has 2 aromatic carbocycles. The topological polar surface area (TPSA) is 33.7 Å². The molecular weight excluding hydrogens is 338 g/mol. The van der Waals surface area contributed by atoms with Crippen molar-refractivity contribution < 1.29 is 18.3 Å². The van der Waals surface area contributed by atoms with Crippen molar-refractivity contribution in [1.82, 2.24) is 10.2 Å². The lowest BCUT2D eigenvalue weighted by Crippen LogP contribution is -2.51. The van der Waals surface area contributed by atoms with E-state index in [1.807, 2.05) is 18.2 Å². The minimum absolute atomic E-state index is 0.0699. The van der Waals surface area contributed by atoms with Gasteiger partial charge in [-0.25, -0.2) is 8.78 Å². The molecule has 2 heterocycles. The lowest BCUT2D eigenvalue weighted by atomic mass is 9.95. The fraction of sp³-hybridized carbons (Fsp3) is 0.400. The molecule has 2 aliphatic heterocycles. The van der Waals surface area contributed by atoms with Crippen molar-refractivity contribution in [2.24, 2.45) is 0 Å². The average Bonchev–Trinajstić information content (AvgIpc) is 2.66. The van der Waals surface area contributed by atoms with Gasteiger partial charge in [0.1, 0.15) is 30.1 Å². The first-order chi connectivity index (χ1) is 12.7. The van der Waals surface area contributed by atoms with Crippen molar-refractivity contribution in [2.45, 2.75) is 18.8 Å². The van der Waals surface area contributed by atoms with Gasteiger partial charge < -0.3 is 14.8 Å². The molecule has 0 bridgehead atoms. The molecule has 0 radical (unpaired) electrons. The maximum Gasteiger partial charge on any atom is 0.126 e. The zero-order valence-corrected chi connectivity index (χ0v) is 14.5. The summed E-state index contributed by atoms with van der Waals surface area (Å²) in [6, 6.07) is 11.6. The van der Waals surface area contributed by atoms with Crippen LogP contribution in [0.1, 0.15) is 17.2 Å². The van der Waals surface area contributed by atoms with Crippen molar-refractivity contribution >= 4 is 0 Å². The summed E-state index contributed by atoms with van der Waals surface area (Å²) in [5.74, 6) is -0.298. The predicted molar refractivity (Wildman–Crippen MR) is 94.1 cm³/mol. The minimum atomic E-state index is -0.590. The Balaban J connectivity index is 1.55. The van der Waals surface area contributed by atoms with Gasteiger partial charge in [0.05, 0.1) is 12.6 Å². The van der Waals surface area contributed by atoms with Crippen LogP contribution in [-0.2, 0) is 11.3 Å². The summed E-state index contributed by atoms with van der Waals surface area (Å²) in [5.41, 5.74) is 1.59. The van der Waals surface area contributed by atoms with Gasteiger partial charge in [-0.3, -0.25) is 4.90 Å². The highest BCUT2D eigenvalue weighted by Gasteiger charge is 2.36. The molecule has 0 aliphatic carbocycles. The Kier molecular flexibility index (Phi) is 5.15. The SMILES string of the molecule is Fc1cc(F)cc(CO[C@H]2COc3ccccc3[C@@H]2N2CCNCC2)c1. The van der Waals surface area contributed by atoms with Crippen molar-refractivity contribution in [1.29, 1.82) is 0 Å². The molecule has 6 heteroatoms. The Hall–Kier alpha value is -2.02. The van der Waals surface area contributed by atoms with Gasteiger partial charge in [0, 0.05) is 37.8 Å². The maximum atomic E-state index is 13.4. The second-order valence-corrected chi connectivity index (χ2v) is 6.71. The van der Waals surface area contributed by atoms with E-state index >= 15 is 0 Å². The minimum Gasteiger partial charge on any atom is -0.490 e. The number of halogens is 2. The van der Waals surface area contributed by atoms with Gasteiger partial charge in [0.2, 0.25) is 0 Å². The van der Waals surface area contributed by atoms with Crippen LogP contribution in [0.4, 0.5) is 8.78 Å². The number of fused-ring (bicyclic) bond motifs is 1. The standard InChI is InChI=1S/C20H22F2N2O2/c21-15-9-14(10-16(22)11-15)12-25-19-13-26-18-4-2-1-3-17(18)20(19)24-7-5-23-6-8-24/h1-4,9-11,19-20,23H,5-8,12-13H2/t19-,20-/m0/s1. The summed E-state index contributed by atoms with van der Waals surface area (Å²) in [6.07, 6.45) is -0.200. The molecule has 4 nitrogen and oxygen atoms in total. The smallest absolute Gasteiger partial charge is 0.126 e. The maximum absolute atomic E-state index is 13.4. The summed E-state index contributed by atoms with van der Waals surface area (Å²) in [6.45, 7) is 4.28. The van der Waals surface area contributed by atoms with Crippen molar-refractivity contribution in [3.05, 3.63) is 65.2 Å². The van der Waals surface area contributed by atoms with Crippen LogP contribution in [0.3, 0.4) is 0 Å². The number of hydrogen-bond acceptors (Lipinski definition) is 4. The van der Waals surface area contributed by atoms with Gasteiger partial charge in [-0.15, -0.1) is 0 Å². The normalized spacial score (nSPS) is 23.3. The van der Waals surface area contributed by atoms with E-state index in [1.165, 1.54) is 12.1 Å². The van der Waals surface area contributed by atoms with Crippen molar-refractivity contribution in [3.8, 4) is 5.75 Å². The van der Waals surface area contributed by atoms with Crippen LogP contribution in [0.5, 0.6) is 5.75 Å². The first kappa shape index (κ1) is 17.4. The second kappa shape index (κ2) is 7.70. The molecule has 2 aromatic rings. The van der Waals surface area contributed by atoms with E-state index in [2.05, 4.69) is 16.3 Å². The van der Waals surface area contributed by atoms with Crippen LogP contribution < -0.4 is 10.1 Å². The van der Waals surface area contributed by atoms with Crippen LogP contribution in [0.2, 0.25) is 0 Å². The van der Waals surface area contributed by atoms with Crippen molar-refractivity contribution in [3.63, 3.8) is 0 Å². The van der Waals surface area contributed by atoms with E-state index in [4.69, 9.17) is 9.47 Å². The molecule has 0 spiro atoms. The Labute approximate surface area is 151 Å². The van der Waals surface area contributed by atoms with Gasteiger partial charge in [-0.1, -0.05) is 18.2 Å². The Bertz CT molecular complexity index is 745. The highest BCUT2D eigenvalue weighted by Crippen LogP contribution is 2.37. The number of benzene rings is 2. The quantitative estimate of drug-likeness (QED) is 0.909. The van der Waals surface area contributed by atoms with E-state index in [9.17, 15) is 8.78 Å². The highest BCUT2D eigenvalue weighted by atomic mass is 19.1. The van der Waals surface area contributed by atoms with Gasteiger partial charge in [-0.2, -0.15) is 0 Å². The number of ether oxygens (including phenoxy) is 2. The number of nitrogens with zero attached hydrogens (tertiary/aromatic N) is 1. The molecule has 0 aromatic heterocycles. The summed E-state index contributed by atoms with van der Waals surface area (Å²) < 4.78 is 38.8. The number of rotatable bonds is 4. The molecule has 26 heavy (non-hydrogen) atoms. The molecular formula is C20H22F2N2O2. The third kappa shape index (κ3) is 3.72. The zero-order valence-electron chi connectivity index (χ0n) is 14.5. The molecule has 2 aliphatic rings. The van der Waals surface area contributed by atoms with E-state index in [0.717, 1.165) is 43.6 Å². The zero-order chi connectivity index (χ0) is 17.9. The largest absolute Gasteiger partial charge is 0.490 e. The molecule has 0 amide bonds. The lowest BCUT2D eigenvalue weighted by molar-refractivity contribution is -0.0618. The van der Waals surface area contributed by atoms with Crippen LogP contribution in [-0.4, -0.2) is 43.8 Å². The molecule has 0 unspecified atom stereocenters. The Morgan fingerprint density at radius 2 is 1.81 bits per heavy atom. The number of piperazine rings is 1. The van der Waals surface area contributed by atoms with Crippen LogP contribution in [0.15, 0.2) is 42.5 Å². The summed E-state index contributed by atoms with van der Waals surface area (Å²) in [5, 5.41) is 3.37. The third-order valence-electron chi connectivity index (χ3n) is 4.92. The lowest BCUT2D eigenvalue weighted by Gasteiger charge is -2.42. The second-order valence-electron chi connectivity index (χ2n) is 6.71. The van der Waals surface area contributed by atoms with Gasteiger partial charge in [0.15, 0.2) is 0 Å². The molecule has 1 N–H and O–H groups in total. The summed E-state index contributed by atoms with van der Waals surface area (Å²) in [7, 11) is 0. The molecule has 138 valence electrons. The summed E-state index contributed by atoms with van der Waals surface area (Å²) >= 11 is 0.